The Hall–Kier alpha value is -3.56. The number of hydrogen-bond donors (Lipinski definition) is 1. The van der Waals surface area contributed by atoms with Gasteiger partial charge >= 0.3 is 0 Å². The predicted molar refractivity (Wildman–Crippen MR) is 159 cm³/mol. The molecule has 40 heavy (non-hydrogen) atoms. The molecular weight excluding hydrogens is 550 g/mol. The molecule has 3 rings (SSSR count). The van der Waals surface area contributed by atoms with Crippen molar-refractivity contribution in [1.29, 1.82) is 0 Å². The summed E-state index contributed by atoms with van der Waals surface area (Å²) in [5, 5.41) is 3.15. The molecule has 3 aromatic rings. The van der Waals surface area contributed by atoms with Gasteiger partial charge in [-0.15, -0.1) is 0 Å². The maximum absolute atomic E-state index is 14.1. The van der Waals surface area contributed by atoms with Crippen LogP contribution in [0.2, 0.25) is 5.02 Å². The minimum atomic E-state index is -3.89. The van der Waals surface area contributed by atoms with Gasteiger partial charge in [0.25, 0.3) is 0 Å². The molecule has 0 aromatic heterocycles. The molecule has 0 heterocycles. The third kappa shape index (κ3) is 8.72. The zero-order chi connectivity index (χ0) is 29.1. The van der Waals surface area contributed by atoms with Crippen molar-refractivity contribution < 1.29 is 22.7 Å². The van der Waals surface area contributed by atoms with Gasteiger partial charge in [0.05, 0.1) is 24.1 Å². The lowest BCUT2D eigenvalue weighted by Crippen LogP contribution is -2.53. The van der Waals surface area contributed by atoms with Crippen molar-refractivity contribution in [3.63, 3.8) is 0 Å². The zero-order valence-corrected chi connectivity index (χ0v) is 24.6. The van der Waals surface area contributed by atoms with Gasteiger partial charge in [-0.1, -0.05) is 79.5 Å². The van der Waals surface area contributed by atoms with Crippen LogP contribution in [-0.2, 0) is 32.6 Å². The van der Waals surface area contributed by atoms with Crippen LogP contribution < -0.4 is 14.4 Å². The number of halogens is 1. The smallest absolute Gasteiger partial charge is 0.244 e. The van der Waals surface area contributed by atoms with E-state index in [9.17, 15) is 18.0 Å². The minimum Gasteiger partial charge on any atom is -0.497 e. The molecule has 0 saturated carbocycles. The SMILES string of the molecule is CCCCNC(=O)C(Cc1ccccc1)N(Cc1cccc(OC)c1)C(=O)CN(c1ccccc1Cl)S(C)(=O)=O. The number of benzene rings is 3. The molecule has 3 aromatic carbocycles. The van der Waals surface area contributed by atoms with Crippen molar-refractivity contribution in [2.45, 2.75) is 38.8 Å². The summed E-state index contributed by atoms with van der Waals surface area (Å²) >= 11 is 6.33. The summed E-state index contributed by atoms with van der Waals surface area (Å²) in [5.74, 6) is -0.248. The Labute approximate surface area is 241 Å². The first kappa shape index (κ1) is 31.0. The van der Waals surface area contributed by atoms with Crippen LogP contribution >= 0.6 is 11.6 Å². The number of anilines is 1. The Kier molecular flexibility index (Phi) is 11.4. The highest BCUT2D eigenvalue weighted by Crippen LogP contribution is 2.28. The molecular formula is C30H36ClN3O5S. The summed E-state index contributed by atoms with van der Waals surface area (Å²) in [4.78, 5) is 29.1. The van der Waals surface area contributed by atoms with Gasteiger partial charge in [0.15, 0.2) is 0 Å². The normalized spacial score (nSPS) is 11.9. The van der Waals surface area contributed by atoms with E-state index in [0.717, 1.165) is 34.5 Å². The maximum Gasteiger partial charge on any atom is 0.244 e. The second-order valence-corrected chi connectivity index (χ2v) is 11.8. The van der Waals surface area contributed by atoms with Crippen LogP contribution in [0.1, 0.15) is 30.9 Å². The highest BCUT2D eigenvalue weighted by molar-refractivity contribution is 7.92. The summed E-state index contributed by atoms with van der Waals surface area (Å²) in [5.41, 5.74) is 1.79. The van der Waals surface area contributed by atoms with E-state index < -0.39 is 28.5 Å². The van der Waals surface area contributed by atoms with E-state index in [1.807, 2.05) is 43.3 Å². The molecule has 10 heteroatoms. The lowest BCUT2D eigenvalue weighted by Gasteiger charge is -2.33. The first-order chi connectivity index (χ1) is 19.1. The van der Waals surface area contributed by atoms with Gasteiger partial charge < -0.3 is 15.0 Å². The summed E-state index contributed by atoms with van der Waals surface area (Å²) in [7, 11) is -2.34. The molecule has 1 N–H and O–H groups in total. The fourth-order valence-electron chi connectivity index (χ4n) is 4.28. The number of rotatable bonds is 14. The van der Waals surface area contributed by atoms with Crippen LogP contribution in [0, 0.1) is 0 Å². The number of carbonyl (C=O) groups is 2. The van der Waals surface area contributed by atoms with Crippen molar-refractivity contribution in [2.24, 2.45) is 0 Å². The van der Waals surface area contributed by atoms with E-state index in [0.29, 0.717) is 12.3 Å². The van der Waals surface area contributed by atoms with Gasteiger partial charge in [-0.2, -0.15) is 0 Å². The van der Waals surface area contributed by atoms with Crippen molar-refractivity contribution in [3.05, 3.63) is 95.0 Å². The topological polar surface area (TPSA) is 96.0 Å². The van der Waals surface area contributed by atoms with Crippen LogP contribution in [0.5, 0.6) is 5.75 Å². The standard InChI is InChI=1S/C30H36ClN3O5S/c1-4-5-18-32-30(36)28(20-23-12-7-6-8-13-23)33(21-24-14-11-15-25(19-24)39-2)29(35)22-34(40(3,37)38)27-17-10-9-16-26(27)31/h6-17,19,28H,4-5,18,20-22H2,1-3H3,(H,32,36). The molecule has 1 atom stereocenters. The highest BCUT2D eigenvalue weighted by atomic mass is 35.5. The number of para-hydroxylation sites is 1. The third-order valence-electron chi connectivity index (χ3n) is 6.39. The Morgan fingerprint density at radius 2 is 1.65 bits per heavy atom. The lowest BCUT2D eigenvalue weighted by atomic mass is 10.0. The van der Waals surface area contributed by atoms with Gasteiger partial charge in [-0.3, -0.25) is 13.9 Å². The maximum atomic E-state index is 14.1. The Morgan fingerprint density at radius 1 is 0.975 bits per heavy atom. The van der Waals surface area contributed by atoms with Crippen LogP contribution in [0.25, 0.3) is 0 Å². The molecule has 0 aliphatic heterocycles. The molecule has 0 radical (unpaired) electrons. The Bertz CT molecular complexity index is 1380. The van der Waals surface area contributed by atoms with Crippen LogP contribution in [0.3, 0.4) is 0 Å². The number of nitrogens with one attached hydrogen (secondary N) is 1. The van der Waals surface area contributed by atoms with Gasteiger partial charge in [-0.05, 0) is 41.8 Å². The number of ether oxygens (including phenoxy) is 1. The van der Waals surface area contributed by atoms with Gasteiger partial charge in [0.1, 0.15) is 18.3 Å². The monoisotopic (exact) mass is 585 g/mol. The second kappa shape index (κ2) is 14.7. The number of sulfonamides is 1. The van der Waals surface area contributed by atoms with E-state index in [2.05, 4.69) is 5.32 Å². The zero-order valence-electron chi connectivity index (χ0n) is 23.0. The van der Waals surface area contributed by atoms with E-state index in [1.54, 1.807) is 49.6 Å². The number of unbranched alkanes of at least 4 members (excludes halogenated alkanes) is 1. The average molecular weight is 586 g/mol. The summed E-state index contributed by atoms with van der Waals surface area (Å²) in [6.07, 6.45) is 2.97. The van der Waals surface area contributed by atoms with Crippen LogP contribution in [-0.4, -0.2) is 57.6 Å². The summed E-state index contributed by atoms with van der Waals surface area (Å²) in [6.45, 7) is 2.03. The van der Waals surface area contributed by atoms with Crippen molar-refractivity contribution >= 4 is 39.1 Å². The van der Waals surface area contributed by atoms with Crippen molar-refractivity contribution in [2.75, 3.05) is 30.8 Å². The first-order valence-corrected chi connectivity index (χ1v) is 15.3. The average Bonchev–Trinajstić information content (AvgIpc) is 2.94. The molecule has 0 saturated heterocycles. The fourth-order valence-corrected chi connectivity index (χ4v) is 5.43. The summed E-state index contributed by atoms with van der Waals surface area (Å²) < 4.78 is 32.0. The lowest BCUT2D eigenvalue weighted by molar-refractivity contribution is -0.140. The minimum absolute atomic E-state index is 0.0643. The number of nitrogens with zero attached hydrogens (tertiary/aromatic N) is 2. The number of hydrogen-bond acceptors (Lipinski definition) is 5. The molecule has 2 amide bonds. The highest BCUT2D eigenvalue weighted by Gasteiger charge is 2.33. The van der Waals surface area contributed by atoms with E-state index in [1.165, 1.54) is 4.90 Å². The molecule has 0 aliphatic rings. The molecule has 8 nitrogen and oxygen atoms in total. The van der Waals surface area contributed by atoms with E-state index in [-0.39, 0.29) is 29.6 Å². The molecule has 0 spiro atoms. The molecule has 214 valence electrons. The van der Waals surface area contributed by atoms with Gasteiger partial charge in [-0.25, -0.2) is 8.42 Å². The second-order valence-electron chi connectivity index (χ2n) is 9.44. The largest absolute Gasteiger partial charge is 0.497 e. The van der Waals surface area contributed by atoms with Gasteiger partial charge in [0.2, 0.25) is 21.8 Å². The van der Waals surface area contributed by atoms with Crippen LogP contribution in [0.15, 0.2) is 78.9 Å². The predicted octanol–water partition coefficient (Wildman–Crippen LogP) is 4.67. The quantitative estimate of drug-likeness (QED) is 0.277. The van der Waals surface area contributed by atoms with Gasteiger partial charge in [0, 0.05) is 19.5 Å². The fraction of sp³-hybridized carbons (Fsp3) is 0.333. The molecule has 0 aliphatic carbocycles. The number of methoxy groups -OCH3 is 1. The van der Waals surface area contributed by atoms with Crippen molar-refractivity contribution in [1.82, 2.24) is 10.2 Å². The van der Waals surface area contributed by atoms with E-state index in [4.69, 9.17) is 16.3 Å². The summed E-state index contributed by atoms with van der Waals surface area (Å²) in [6, 6.07) is 22.2. The molecule has 0 fully saturated rings. The number of amides is 2. The third-order valence-corrected chi connectivity index (χ3v) is 7.83. The number of carbonyl (C=O) groups excluding carboxylic acids is 2. The Morgan fingerprint density at radius 3 is 2.30 bits per heavy atom. The molecule has 0 bridgehead atoms. The Balaban J connectivity index is 2.05. The molecule has 1 unspecified atom stereocenters. The van der Waals surface area contributed by atoms with Crippen molar-refractivity contribution in [3.8, 4) is 5.75 Å². The van der Waals surface area contributed by atoms with E-state index >= 15 is 0 Å². The van der Waals surface area contributed by atoms with Crippen LogP contribution in [0.4, 0.5) is 5.69 Å². The first-order valence-electron chi connectivity index (χ1n) is 13.1.